The largest absolute Gasteiger partial charge is 0.310 e. The number of fused-ring (bicyclic) bond motifs is 1. The quantitative estimate of drug-likeness (QED) is 0.776. The Morgan fingerprint density at radius 1 is 1.39 bits per heavy atom. The third kappa shape index (κ3) is 2.96. The van der Waals surface area contributed by atoms with Crippen molar-refractivity contribution in [1.29, 1.82) is 0 Å². The number of aromatic nitrogens is 1. The van der Waals surface area contributed by atoms with Crippen LogP contribution in [0.2, 0.25) is 0 Å². The van der Waals surface area contributed by atoms with Crippen LogP contribution in [0.25, 0.3) is 10.9 Å². The minimum Gasteiger partial charge on any atom is -0.310 e. The van der Waals surface area contributed by atoms with Gasteiger partial charge in [-0.2, -0.15) is 0 Å². The molecule has 18 heavy (non-hydrogen) atoms. The van der Waals surface area contributed by atoms with Gasteiger partial charge in [-0.3, -0.25) is 4.98 Å². The highest BCUT2D eigenvalue weighted by Crippen LogP contribution is 2.21. The summed E-state index contributed by atoms with van der Waals surface area (Å²) in [6, 6.07) is 10.9. The van der Waals surface area contributed by atoms with E-state index < -0.39 is 0 Å². The number of hydrogen-bond acceptors (Lipinski definition) is 2. The van der Waals surface area contributed by atoms with Crippen LogP contribution in [0.4, 0.5) is 0 Å². The maximum atomic E-state index is 4.35. The van der Waals surface area contributed by atoms with Crippen molar-refractivity contribution in [2.45, 2.75) is 25.8 Å². The molecular weight excluding hydrogens is 220 g/mol. The summed E-state index contributed by atoms with van der Waals surface area (Å²) in [5.74, 6) is 0. The number of rotatable bonds is 6. The summed E-state index contributed by atoms with van der Waals surface area (Å²) in [4.78, 5) is 4.35. The first-order valence-corrected chi connectivity index (χ1v) is 6.54. The molecule has 1 N–H and O–H groups in total. The van der Waals surface area contributed by atoms with E-state index in [-0.39, 0.29) is 0 Å². The summed E-state index contributed by atoms with van der Waals surface area (Å²) in [6.07, 6.45) is 5.90. The molecule has 0 amide bonds. The average molecular weight is 240 g/mol. The van der Waals surface area contributed by atoms with Gasteiger partial charge in [-0.1, -0.05) is 25.1 Å². The van der Waals surface area contributed by atoms with Crippen molar-refractivity contribution in [3.05, 3.63) is 54.7 Å². The predicted molar refractivity (Wildman–Crippen MR) is 77.6 cm³/mol. The normalized spacial score (nSPS) is 12.5. The van der Waals surface area contributed by atoms with Crippen LogP contribution in [0.3, 0.4) is 0 Å². The highest BCUT2D eigenvalue weighted by molar-refractivity contribution is 5.79. The Morgan fingerprint density at radius 2 is 2.28 bits per heavy atom. The fourth-order valence-electron chi connectivity index (χ4n) is 2.13. The Bertz CT molecular complexity index is 519. The van der Waals surface area contributed by atoms with Gasteiger partial charge < -0.3 is 5.32 Å². The Hall–Kier alpha value is -1.67. The number of nitrogens with one attached hydrogen (secondary N) is 1. The Balaban J connectivity index is 2.28. The highest BCUT2D eigenvalue weighted by atomic mass is 14.9. The van der Waals surface area contributed by atoms with E-state index in [0.29, 0.717) is 6.04 Å². The molecule has 2 nitrogen and oxygen atoms in total. The molecule has 0 aliphatic rings. The number of pyridine rings is 1. The van der Waals surface area contributed by atoms with Crippen molar-refractivity contribution in [1.82, 2.24) is 10.3 Å². The van der Waals surface area contributed by atoms with Crippen molar-refractivity contribution in [3.8, 4) is 0 Å². The smallest absolute Gasteiger partial charge is 0.0702 e. The highest BCUT2D eigenvalue weighted by Gasteiger charge is 2.09. The van der Waals surface area contributed by atoms with Gasteiger partial charge in [-0.15, -0.1) is 6.58 Å². The molecule has 2 rings (SSSR count). The number of nitrogens with zero attached hydrogens (tertiary/aromatic N) is 1. The third-order valence-electron chi connectivity index (χ3n) is 3.07. The first-order valence-electron chi connectivity index (χ1n) is 6.54. The van der Waals surface area contributed by atoms with Crippen molar-refractivity contribution in [2.24, 2.45) is 0 Å². The van der Waals surface area contributed by atoms with Gasteiger partial charge in [0.05, 0.1) is 5.52 Å². The maximum Gasteiger partial charge on any atom is 0.0702 e. The van der Waals surface area contributed by atoms with Crippen LogP contribution in [0, 0.1) is 0 Å². The molecule has 0 aliphatic heterocycles. The van der Waals surface area contributed by atoms with Gasteiger partial charge in [-0.05, 0) is 43.1 Å². The Morgan fingerprint density at radius 3 is 3.06 bits per heavy atom. The topological polar surface area (TPSA) is 24.9 Å². The monoisotopic (exact) mass is 240 g/mol. The van der Waals surface area contributed by atoms with Gasteiger partial charge in [0, 0.05) is 17.6 Å². The van der Waals surface area contributed by atoms with Gasteiger partial charge in [0.1, 0.15) is 0 Å². The second-order valence-corrected chi connectivity index (χ2v) is 4.49. The van der Waals surface area contributed by atoms with Crippen LogP contribution >= 0.6 is 0 Å². The lowest BCUT2D eigenvalue weighted by molar-refractivity contribution is 0.537. The lowest BCUT2D eigenvalue weighted by Gasteiger charge is -2.17. The van der Waals surface area contributed by atoms with E-state index in [0.717, 1.165) is 24.9 Å². The molecule has 1 atom stereocenters. The molecule has 0 fully saturated rings. The summed E-state index contributed by atoms with van der Waals surface area (Å²) in [6.45, 7) is 7.06. The first-order chi connectivity index (χ1) is 8.85. The zero-order chi connectivity index (χ0) is 12.8. The van der Waals surface area contributed by atoms with E-state index in [1.807, 2.05) is 18.3 Å². The van der Waals surface area contributed by atoms with E-state index in [4.69, 9.17) is 0 Å². The van der Waals surface area contributed by atoms with E-state index in [1.54, 1.807) is 0 Å². The number of benzene rings is 1. The summed E-state index contributed by atoms with van der Waals surface area (Å²) >= 11 is 0. The summed E-state index contributed by atoms with van der Waals surface area (Å²) in [7, 11) is 0. The van der Waals surface area contributed by atoms with Crippen LogP contribution < -0.4 is 5.32 Å². The van der Waals surface area contributed by atoms with Gasteiger partial charge in [0.2, 0.25) is 0 Å². The van der Waals surface area contributed by atoms with E-state index in [2.05, 4.69) is 48.1 Å². The molecule has 0 aliphatic carbocycles. The molecule has 1 aromatic heterocycles. The molecule has 0 saturated heterocycles. The summed E-state index contributed by atoms with van der Waals surface area (Å²) in [5, 5.41) is 4.76. The molecule has 0 saturated carbocycles. The standard InChI is InChI=1S/C16H20N2/c1-3-6-15(17-10-4-2)14-8-9-16-13(12-14)7-5-11-18-16/h3,5,7-9,11-12,15,17H,1,4,6,10H2,2H3. The van der Waals surface area contributed by atoms with Crippen molar-refractivity contribution < 1.29 is 0 Å². The van der Waals surface area contributed by atoms with Crippen molar-refractivity contribution in [3.63, 3.8) is 0 Å². The van der Waals surface area contributed by atoms with Crippen LogP contribution in [0.1, 0.15) is 31.4 Å². The molecule has 1 unspecified atom stereocenters. The summed E-state index contributed by atoms with van der Waals surface area (Å²) < 4.78 is 0. The Kier molecular flexibility index (Phi) is 4.48. The second-order valence-electron chi connectivity index (χ2n) is 4.49. The molecule has 0 radical (unpaired) electrons. The minimum atomic E-state index is 0.354. The van der Waals surface area contributed by atoms with Crippen LogP contribution in [-0.4, -0.2) is 11.5 Å². The lowest BCUT2D eigenvalue weighted by atomic mass is 10.0. The summed E-state index contributed by atoms with van der Waals surface area (Å²) in [5.41, 5.74) is 2.36. The molecule has 1 aromatic carbocycles. The van der Waals surface area contributed by atoms with Crippen LogP contribution in [0.5, 0.6) is 0 Å². The van der Waals surface area contributed by atoms with E-state index >= 15 is 0 Å². The van der Waals surface area contributed by atoms with E-state index in [9.17, 15) is 0 Å². The molecule has 1 heterocycles. The van der Waals surface area contributed by atoms with Gasteiger partial charge >= 0.3 is 0 Å². The van der Waals surface area contributed by atoms with Crippen LogP contribution in [-0.2, 0) is 0 Å². The fraction of sp³-hybridized carbons (Fsp3) is 0.312. The SMILES string of the molecule is C=CCC(NCCC)c1ccc2ncccc2c1. The fourth-order valence-corrected chi connectivity index (χ4v) is 2.13. The molecule has 94 valence electrons. The molecule has 2 heteroatoms. The van der Waals surface area contributed by atoms with E-state index in [1.165, 1.54) is 10.9 Å². The zero-order valence-corrected chi connectivity index (χ0v) is 10.9. The van der Waals surface area contributed by atoms with Crippen molar-refractivity contribution in [2.75, 3.05) is 6.54 Å². The van der Waals surface area contributed by atoms with Gasteiger partial charge in [0.15, 0.2) is 0 Å². The third-order valence-corrected chi connectivity index (χ3v) is 3.07. The van der Waals surface area contributed by atoms with Gasteiger partial charge in [0.25, 0.3) is 0 Å². The first kappa shape index (κ1) is 12.8. The zero-order valence-electron chi connectivity index (χ0n) is 10.9. The number of hydrogen-bond donors (Lipinski definition) is 1. The van der Waals surface area contributed by atoms with Crippen LogP contribution in [0.15, 0.2) is 49.2 Å². The average Bonchev–Trinajstić information content (AvgIpc) is 2.43. The van der Waals surface area contributed by atoms with Gasteiger partial charge in [-0.25, -0.2) is 0 Å². The molecule has 2 aromatic rings. The molecule has 0 spiro atoms. The predicted octanol–water partition coefficient (Wildman–Crippen LogP) is 3.85. The maximum absolute atomic E-state index is 4.35. The lowest BCUT2D eigenvalue weighted by Crippen LogP contribution is -2.21. The second kappa shape index (κ2) is 6.31. The minimum absolute atomic E-state index is 0.354. The Labute approximate surface area is 109 Å². The molecular formula is C16H20N2. The van der Waals surface area contributed by atoms with Crippen molar-refractivity contribution >= 4 is 10.9 Å². The molecule has 0 bridgehead atoms.